The number of aryl methyl sites for hydroxylation is 1. The molecule has 0 aliphatic rings. The molecule has 0 saturated carbocycles. The lowest BCUT2D eigenvalue weighted by atomic mass is 10.1. The van der Waals surface area contributed by atoms with E-state index >= 15 is 0 Å². The molecular formula is C14H19NO2. The maximum absolute atomic E-state index is 11.3. The van der Waals surface area contributed by atoms with Gasteiger partial charge in [-0.1, -0.05) is 25.6 Å². The maximum atomic E-state index is 11.3. The largest absolute Gasteiger partial charge is 0.463 e. The minimum atomic E-state index is -0.341. The summed E-state index contributed by atoms with van der Waals surface area (Å²) in [5.41, 5.74) is 2.69. The third-order valence-electron chi connectivity index (χ3n) is 2.41. The standard InChI is InChI=1S/C14H19NO2/c1-4-12-7-6-8-13(9-12)15-10-11(3)14(16)17-5-2/h6-9,15H,3-5,10H2,1-2H3. The van der Waals surface area contributed by atoms with E-state index in [1.54, 1.807) is 6.92 Å². The lowest BCUT2D eigenvalue weighted by molar-refractivity contribution is -0.138. The first-order valence-corrected chi connectivity index (χ1v) is 5.85. The summed E-state index contributed by atoms with van der Waals surface area (Å²) < 4.78 is 4.86. The van der Waals surface area contributed by atoms with Crippen LogP contribution in [0.25, 0.3) is 0 Å². The van der Waals surface area contributed by atoms with E-state index in [9.17, 15) is 4.79 Å². The van der Waals surface area contributed by atoms with E-state index in [0.29, 0.717) is 18.7 Å². The molecule has 0 fully saturated rings. The fourth-order valence-electron chi connectivity index (χ4n) is 1.42. The highest BCUT2D eigenvalue weighted by atomic mass is 16.5. The lowest BCUT2D eigenvalue weighted by Gasteiger charge is -2.09. The van der Waals surface area contributed by atoms with Crippen LogP contribution in [-0.2, 0) is 16.0 Å². The molecule has 0 heterocycles. The number of esters is 1. The van der Waals surface area contributed by atoms with Gasteiger partial charge < -0.3 is 10.1 Å². The maximum Gasteiger partial charge on any atom is 0.335 e. The fraction of sp³-hybridized carbons (Fsp3) is 0.357. The average molecular weight is 233 g/mol. The molecule has 0 aliphatic heterocycles. The Balaban J connectivity index is 2.49. The van der Waals surface area contributed by atoms with Crippen LogP contribution >= 0.6 is 0 Å². The molecule has 0 spiro atoms. The summed E-state index contributed by atoms with van der Waals surface area (Å²) in [6.45, 7) is 8.37. The first kappa shape index (κ1) is 13.3. The highest BCUT2D eigenvalue weighted by molar-refractivity contribution is 5.88. The number of ether oxygens (including phenoxy) is 1. The predicted octanol–water partition coefficient (Wildman–Crippen LogP) is 2.78. The zero-order valence-corrected chi connectivity index (χ0v) is 10.5. The summed E-state index contributed by atoms with van der Waals surface area (Å²) >= 11 is 0. The molecule has 17 heavy (non-hydrogen) atoms. The van der Waals surface area contributed by atoms with E-state index in [2.05, 4.69) is 31.0 Å². The monoisotopic (exact) mass is 233 g/mol. The summed E-state index contributed by atoms with van der Waals surface area (Å²) in [5.74, 6) is -0.341. The molecule has 0 unspecified atom stereocenters. The number of nitrogens with one attached hydrogen (secondary N) is 1. The Labute approximate surface area is 102 Å². The van der Waals surface area contributed by atoms with Gasteiger partial charge in [0, 0.05) is 17.8 Å². The Hall–Kier alpha value is -1.77. The van der Waals surface area contributed by atoms with Gasteiger partial charge in [0.2, 0.25) is 0 Å². The average Bonchev–Trinajstić information content (AvgIpc) is 2.36. The number of benzene rings is 1. The molecule has 0 atom stereocenters. The molecule has 1 N–H and O–H groups in total. The molecule has 92 valence electrons. The molecule has 0 bridgehead atoms. The number of carbonyl (C=O) groups is 1. The zero-order chi connectivity index (χ0) is 12.7. The van der Waals surface area contributed by atoms with E-state index in [0.717, 1.165) is 12.1 Å². The first-order valence-electron chi connectivity index (χ1n) is 5.85. The molecule has 0 saturated heterocycles. The van der Waals surface area contributed by atoms with Crippen molar-refractivity contribution in [1.82, 2.24) is 0 Å². The first-order chi connectivity index (χ1) is 8.17. The third-order valence-corrected chi connectivity index (χ3v) is 2.41. The minimum absolute atomic E-state index is 0.341. The summed E-state index contributed by atoms with van der Waals surface area (Å²) in [7, 11) is 0. The Morgan fingerprint density at radius 3 is 2.82 bits per heavy atom. The van der Waals surface area contributed by atoms with Crippen molar-refractivity contribution in [1.29, 1.82) is 0 Å². The van der Waals surface area contributed by atoms with Crippen LogP contribution in [-0.4, -0.2) is 19.1 Å². The summed E-state index contributed by atoms with van der Waals surface area (Å²) in [4.78, 5) is 11.3. The molecule has 0 radical (unpaired) electrons. The molecule has 1 rings (SSSR count). The Kier molecular flexibility index (Phi) is 5.27. The predicted molar refractivity (Wildman–Crippen MR) is 70.1 cm³/mol. The third kappa shape index (κ3) is 4.31. The zero-order valence-electron chi connectivity index (χ0n) is 10.5. The van der Waals surface area contributed by atoms with Crippen molar-refractivity contribution in [2.24, 2.45) is 0 Å². The lowest BCUT2D eigenvalue weighted by Crippen LogP contribution is -2.14. The molecule has 0 amide bonds. The van der Waals surface area contributed by atoms with E-state index < -0.39 is 0 Å². The van der Waals surface area contributed by atoms with Crippen molar-refractivity contribution in [2.75, 3.05) is 18.5 Å². The van der Waals surface area contributed by atoms with Crippen LogP contribution in [0.15, 0.2) is 36.4 Å². The number of hydrogen-bond donors (Lipinski definition) is 1. The van der Waals surface area contributed by atoms with Crippen molar-refractivity contribution >= 4 is 11.7 Å². The molecule has 1 aromatic rings. The van der Waals surface area contributed by atoms with Gasteiger partial charge in [-0.05, 0) is 31.0 Å². The van der Waals surface area contributed by atoms with E-state index in [-0.39, 0.29) is 5.97 Å². The molecule has 0 aliphatic carbocycles. The van der Waals surface area contributed by atoms with Crippen molar-refractivity contribution in [3.63, 3.8) is 0 Å². The molecular weight excluding hydrogens is 214 g/mol. The summed E-state index contributed by atoms with van der Waals surface area (Å²) in [6, 6.07) is 8.11. The van der Waals surface area contributed by atoms with Crippen molar-refractivity contribution in [3.8, 4) is 0 Å². The second-order valence-electron chi connectivity index (χ2n) is 3.73. The molecule has 1 aromatic carbocycles. The smallest absolute Gasteiger partial charge is 0.335 e. The fourth-order valence-corrected chi connectivity index (χ4v) is 1.42. The van der Waals surface area contributed by atoms with Crippen LogP contribution in [0.3, 0.4) is 0 Å². The minimum Gasteiger partial charge on any atom is -0.463 e. The SMILES string of the molecule is C=C(CNc1cccc(CC)c1)C(=O)OCC. The highest BCUT2D eigenvalue weighted by Crippen LogP contribution is 2.11. The van der Waals surface area contributed by atoms with E-state index in [4.69, 9.17) is 4.74 Å². The topological polar surface area (TPSA) is 38.3 Å². The van der Waals surface area contributed by atoms with Crippen LogP contribution in [0.1, 0.15) is 19.4 Å². The van der Waals surface area contributed by atoms with E-state index in [1.807, 2.05) is 12.1 Å². The second kappa shape index (κ2) is 6.74. The van der Waals surface area contributed by atoms with Gasteiger partial charge in [-0.3, -0.25) is 0 Å². The molecule has 3 heteroatoms. The molecule has 3 nitrogen and oxygen atoms in total. The van der Waals surface area contributed by atoms with Gasteiger partial charge in [0.15, 0.2) is 0 Å². The van der Waals surface area contributed by atoms with Gasteiger partial charge in [0.1, 0.15) is 0 Å². The van der Waals surface area contributed by atoms with Crippen molar-refractivity contribution in [2.45, 2.75) is 20.3 Å². The van der Waals surface area contributed by atoms with Crippen molar-refractivity contribution in [3.05, 3.63) is 42.0 Å². The van der Waals surface area contributed by atoms with Gasteiger partial charge in [-0.2, -0.15) is 0 Å². The van der Waals surface area contributed by atoms with Crippen molar-refractivity contribution < 1.29 is 9.53 Å². The van der Waals surface area contributed by atoms with Crippen LogP contribution in [0.4, 0.5) is 5.69 Å². The van der Waals surface area contributed by atoms with Gasteiger partial charge in [0.25, 0.3) is 0 Å². The normalized spacial score (nSPS) is 9.76. The van der Waals surface area contributed by atoms with Gasteiger partial charge >= 0.3 is 5.97 Å². The van der Waals surface area contributed by atoms with Gasteiger partial charge in [-0.15, -0.1) is 0 Å². The summed E-state index contributed by atoms with van der Waals surface area (Å²) in [5, 5.41) is 3.16. The summed E-state index contributed by atoms with van der Waals surface area (Å²) in [6.07, 6.45) is 0.994. The Morgan fingerprint density at radius 2 is 2.18 bits per heavy atom. The Bertz CT molecular complexity index is 399. The van der Waals surface area contributed by atoms with Gasteiger partial charge in [0.05, 0.1) is 6.61 Å². The second-order valence-corrected chi connectivity index (χ2v) is 3.73. The quantitative estimate of drug-likeness (QED) is 0.606. The van der Waals surface area contributed by atoms with Crippen LogP contribution in [0.5, 0.6) is 0 Å². The van der Waals surface area contributed by atoms with Crippen LogP contribution < -0.4 is 5.32 Å². The van der Waals surface area contributed by atoms with E-state index in [1.165, 1.54) is 5.56 Å². The Morgan fingerprint density at radius 1 is 1.41 bits per heavy atom. The number of carbonyl (C=O) groups excluding carboxylic acids is 1. The van der Waals surface area contributed by atoms with Gasteiger partial charge in [-0.25, -0.2) is 4.79 Å². The van der Waals surface area contributed by atoms with Crippen LogP contribution in [0, 0.1) is 0 Å². The molecule has 0 aromatic heterocycles. The number of hydrogen-bond acceptors (Lipinski definition) is 3. The van der Waals surface area contributed by atoms with Crippen LogP contribution in [0.2, 0.25) is 0 Å². The number of anilines is 1. The number of rotatable bonds is 6. The highest BCUT2D eigenvalue weighted by Gasteiger charge is 2.06.